The molecular formula is C28H63ClN2O4Si2. The molecule has 0 unspecified atom stereocenters. The summed E-state index contributed by atoms with van der Waals surface area (Å²) in [5, 5.41) is 9.69. The van der Waals surface area contributed by atoms with Crippen LogP contribution in [0.1, 0.15) is 78.1 Å². The number of aliphatic hydroxyl groups excluding tert-OH is 1. The molecule has 0 aromatic heterocycles. The minimum atomic E-state index is -1.49. The van der Waals surface area contributed by atoms with Crippen molar-refractivity contribution in [3.8, 4) is 0 Å². The number of hydrogen-bond acceptors (Lipinski definition) is 6. The van der Waals surface area contributed by atoms with Gasteiger partial charge in [0.05, 0.1) is 12.2 Å². The number of rotatable bonds is 12. The lowest BCUT2D eigenvalue weighted by molar-refractivity contribution is 0.0510. The summed E-state index contributed by atoms with van der Waals surface area (Å²) >= 11 is 5.67. The Balaban J connectivity index is 0.000000605. The van der Waals surface area contributed by atoms with Gasteiger partial charge in [-0.2, -0.15) is 11.1 Å². The van der Waals surface area contributed by atoms with Crippen LogP contribution in [0.15, 0.2) is 0 Å². The van der Waals surface area contributed by atoms with Gasteiger partial charge in [-0.3, -0.25) is 0 Å². The Kier molecular flexibility index (Phi) is 20.6. The SMILES string of the molecule is CCC[C@@H](O)[C@@H](N)CC1CCOCC1.CCC[C@@H](O[Si](C)(C)C)[C@@H](N)CC1CCOCC1.C[Si](C)(C)Cl. The molecule has 0 spiro atoms. The quantitative estimate of drug-likeness (QED) is 0.179. The third kappa shape index (κ3) is 22.9. The summed E-state index contributed by atoms with van der Waals surface area (Å²) in [6, 6.07) is 0.151. The summed E-state index contributed by atoms with van der Waals surface area (Å²) < 4.78 is 17.0. The van der Waals surface area contributed by atoms with E-state index in [1.54, 1.807) is 0 Å². The van der Waals surface area contributed by atoms with E-state index in [0.29, 0.717) is 5.92 Å². The number of halogens is 1. The molecule has 224 valence electrons. The zero-order valence-corrected chi connectivity index (χ0v) is 28.3. The van der Waals surface area contributed by atoms with Crippen LogP contribution in [0.5, 0.6) is 0 Å². The van der Waals surface area contributed by atoms with E-state index in [-0.39, 0.29) is 24.3 Å². The lowest BCUT2D eigenvalue weighted by Crippen LogP contribution is -2.44. The third-order valence-electron chi connectivity index (χ3n) is 6.53. The topological polar surface area (TPSA) is 100.0 Å². The van der Waals surface area contributed by atoms with E-state index in [9.17, 15) is 5.11 Å². The van der Waals surface area contributed by atoms with Crippen LogP contribution >= 0.6 is 11.1 Å². The fraction of sp³-hybridized carbons (Fsp3) is 1.00. The van der Waals surface area contributed by atoms with E-state index in [1.807, 2.05) is 0 Å². The Morgan fingerprint density at radius 3 is 1.51 bits per heavy atom. The van der Waals surface area contributed by atoms with Crippen LogP contribution in [0.25, 0.3) is 0 Å². The minimum Gasteiger partial charge on any atom is -0.413 e. The van der Waals surface area contributed by atoms with Gasteiger partial charge in [-0.1, -0.05) is 46.3 Å². The normalized spacial score (nSPS) is 21.1. The van der Waals surface area contributed by atoms with E-state index >= 15 is 0 Å². The molecule has 0 amide bonds. The number of nitrogens with two attached hydrogens (primary N) is 2. The van der Waals surface area contributed by atoms with Gasteiger partial charge in [0.15, 0.2) is 8.32 Å². The largest absolute Gasteiger partial charge is 0.413 e. The fourth-order valence-corrected chi connectivity index (χ4v) is 5.85. The first-order chi connectivity index (χ1) is 17.2. The molecule has 37 heavy (non-hydrogen) atoms. The van der Waals surface area contributed by atoms with Crippen LogP contribution in [-0.4, -0.2) is 71.5 Å². The second-order valence-corrected chi connectivity index (χ2v) is 24.9. The lowest BCUT2D eigenvalue weighted by atomic mass is 9.90. The molecule has 2 aliphatic heterocycles. The Bertz CT molecular complexity index is 531. The van der Waals surface area contributed by atoms with Crippen LogP contribution in [0.4, 0.5) is 0 Å². The smallest absolute Gasteiger partial charge is 0.184 e. The zero-order chi connectivity index (χ0) is 28.5. The maximum Gasteiger partial charge on any atom is 0.184 e. The second kappa shape index (κ2) is 20.4. The predicted molar refractivity (Wildman–Crippen MR) is 166 cm³/mol. The van der Waals surface area contributed by atoms with Crippen molar-refractivity contribution < 1.29 is 19.0 Å². The van der Waals surface area contributed by atoms with E-state index in [1.165, 1.54) is 12.8 Å². The van der Waals surface area contributed by atoms with Crippen LogP contribution in [-0.2, 0) is 13.9 Å². The highest BCUT2D eigenvalue weighted by Gasteiger charge is 2.28. The van der Waals surface area contributed by atoms with Crippen molar-refractivity contribution in [1.29, 1.82) is 0 Å². The Hall–Kier alpha value is 0.484. The zero-order valence-electron chi connectivity index (χ0n) is 25.6. The summed E-state index contributed by atoms with van der Waals surface area (Å²) in [5.41, 5.74) is 12.3. The molecule has 2 aliphatic rings. The van der Waals surface area contributed by atoms with Crippen molar-refractivity contribution >= 4 is 26.8 Å². The van der Waals surface area contributed by atoms with Crippen LogP contribution in [0.3, 0.4) is 0 Å². The standard InChI is InChI=1S/C14H31NO2Si.C11H23NO2.C3H9ClSi/c1-5-6-14(17-18(2,3)4)13(15)11-12-7-9-16-10-8-12;1-2-3-11(13)10(12)8-9-4-6-14-7-5-9;1-5(2,3)4/h12-14H,5-11,15H2,1-4H3;9-11,13H,2-8,12H2,1H3;1-3H3/t13-,14+;10-,11+;/m00./s1. The molecule has 9 heteroatoms. The van der Waals surface area contributed by atoms with E-state index < -0.39 is 15.7 Å². The summed E-state index contributed by atoms with van der Waals surface area (Å²) in [5.74, 6) is 1.39. The molecule has 2 fully saturated rings. The van der Waals surface area contributed by atoms with Crippen molar-refractivity contribution in [2.45, 2.75) is 142 Å². The molecule has 4 atom stereocenters. The molecule has 6 nitrogen and oxygen atoms in total. The van der Waals surface area contributed by atoms with Gasteiger partial charge in [-0.25, -0.2) is 0 Å². The molecule has 0 saturated carbocycles. The third-order valence-corrected chi connectivity index (χ3v) is 7.54. The summed E-state index contributed by atoms with van der Waals surface area (Å²) in [6.45, 7) is 20.8. The highest BCUT2D eigenvalue weighted by molar-refractivity contribution is 7.18. The molecule has 5 N–H and O–H groups in total. The summed E-state index contributed by atoms with van der Waals surface area (Å²) in [4.78, 5) is 0. The molecule has 2 saturated heterocycles. The average Bonchev–Trinajstić information content (AvgIpc) is 2.79. The monoisotopic (exact) mass is 582 g/mol. The highest BCUT2D eigenvalue weighted by Crippen LogP contribution is 2.24. The first kappa shape index (κ1) is 37.5. The van der Waals surface area contributed by atoms with Crippen molar-refractivity contribution in [2.75, 3.05) is 26.4 Å². The van der Waals surface area contributed by atoms with Crippen molar-refractivity contribution in [3.63, 3.8) is 0 Å². The first-order valence-corrected chi connectivity index (χ1v) is 22.8. The Labute approximate surface area is 236 Å². The number of aliphatic hydroxyl groups is 1. The van der Waals surface area contributed by atoms with Gasteiger partial charge in [-0.05, 0) is 82.8 Å². The lowest BCUT2D eigenvalue weighted by Gasteiger charge is -2.33. The predicted octanol–water partition coefficient (Wildman–Crippen LogP) is 6.50. The van der Waals surface area contributed by atoms with Crippen molar-refractivity contribution in [2.24, 2.45) is 23.3 Å². The van der Waals surface area contributed by atoms with Crippen LogP contribution in [0, 0.1) is 11.8 Å². The van der Waals surface area contributed by atoms with Gasteiger partial charge >= 0.3 is 0 Å². The summed E-state index contributed by atoms with van der Waals surface area (Å²) in [7, 11) is -2.63. The summed E-state index contributed by atoms with van der Waals surface area (Å²) in [6.07, 6.45) is 10.6. The number of ether oxygens (including phenoxy) is 2. The Morgan fingerprint density at radius 1 is 0.784 bits per heavy atom. The molecule has 2 rings (SSSR count). The van der Waals surface area contributed by atoms with Gasteiger partial charge in [0.1, 0.15) is 7.38 Å². The van der Waals surface area contributed by atoms with Gasteiger partial charge in [0.25, 0.3) is 0 Å². The van der Waals surface area contributed by atoms with Gasteiger partial charge in [0.2, 0.25) is 0 Å². The first-order valence-electron chi connectivity index (χ1n) is 14.9. The van der Waals surface area contributed by atoms with E-state index in [0.717, 1.165) is 83.7 Å². The number of hydrogen-bond donors (Lipinski definition) is 3. The van der Waals surface area contributed by atoms with Gasteiger partial charge < -0.3 is 30.5 Å². The molecule has 0 bridgehead atoms. The average molecular weight is 583 g/mol. The molecule has 0 aliphatic carbocycles. The van der Waals surface area contributed by atoms with Crippen molar-refractivity contribution in [1.82, 2.24) is 0 Å². The van der Waals surface area contributed by atoms with Crippen LogP contribution in [0.2, 0.25) is 39.3 Å². The molecule has 0 aromatic rings. The fourth-order valence-electron chi connectivity index (χ4n) is 4.65. The van der Waals surface area contributed by atoms with Crippen LogP contribution < -0.4 is 11.5 Å². The molecule has 2 heterocycles. The van der Waals surface area contributed by atoms with Crippen molar-refractivity contribution in [3.05, 3.63) is 0 Å². The van der Waals surface area contributed by atoms with E-state index in [2.05, 4.69) is 53.1 Å². The minimum absolute atomic E-state index is 0.0435. The van der Waals surface area contributed by atoms with Gasteiger partial charge in [-0.15, -0.1) is 0 Å². The maximum absolute atomic E-state index is 9.69. The maximum atomic E-state index is 9.69. The van der Waals surface area contributed by atoms with E-state index in [4.69, 9.17) is 36.4 Å². The van der Waals surface area contributed by atoms with Gasteiger partial charge in [0, 0.05) is 38.5 Å². The highest BCUT2D eigenvalue weighted by atomic mass is 35.6. The second-order valence-electron chi connectivity index (χ2n) is 12.9. The molecule has 0 aromatic carbocycles. The molecule has 0 radical (unpaired) electrons. The molecular weight excluding hydrogens is 520 g/mol. The Morgan fingerprint density at radius 2 is 1.16 bits per heavy atom.